The number of nitrogens with zero attached hydrogens (tertiary/aromatic N) is 4. The maximum Gasteiger partial charge on any atom is 0.192 e. The monoisotopic (exact) mass is 562 g/mol. The molecule has 1 atom stereocenters. The zero-order chi connectivity index (χ0) is 20.6. The van der Waals surface area contributed by atoms with Gasteiger partial charge in [0.05, 0.1) is 22.4 Å². The molecule has 3 aromatic rings. The van der Waals surface area contributed by atoms with Gasteiger partial charge >= 0.3 is 0 Å². The van der Waals surface area contributed by atoms with Crippen LogP contribution in [0.15, 0.2) is 52.3 Å². The molecule has 0 spiro atoms. The molecule has 3 rings (SSSR count). The van der Waals surface area contributed by atoms with Crippen LogP contribution >= 0.6 is 47.2 Å². The van der Waals surface area contributed by atoms with E-state index in [2.05, 4.69) is 32.7 Å². The topological polar surface area (TPSA) is 80.3 Å². The molecule has 162 valence electrons. The molecule has 2 heterocycles. The van der Waals surface area contributed by atoms with Crippen molar-refractivity contribution in [3.8, 4) is 0 Å². The van der Waals surface area contributed by atoms with Gasteiger partial charge in [-0.15, -0.1) is 34.2 Å². The predicted octanol–water partition coefficient (Wildman–Crippen LogP) is 4.85. The number of rotatable bonds is 8. The lowest BCUT2D eigenvalue weighted by molar-refractivity contribution is 0.511. The summed E-state index contributed by atoms with van der Waals surface area (Å²) in [5.74, 6) is 2.42. The van der Waals surface area contributed by atoms with Gasteiger partial charge < -0.3 is 19.6 Å². The molecule has 0 amide bonds. The average Bonchev–Trinajstić information content (AvgIpc) is 3.39. The van der Waals surface area contributed by atoms with E-state index in [0.717, 1.165) is 30.1 Å². The van der Waals surface area contributed by atoms with Crippen molar-refractivity contribution in [2.45, 2.75) is 39.4 Å². The van der Waals surface area contributed by atoms with Crippen LogP contribution in [0.5, 0.6) is 0 Å². The number of benzene rings is 1. The summed E-state index contributed by atoms with van der Waals surface area (Å²) in [5.41, 5.74) is 1.01. The molecule has 1 unspecified atom stereocenters. The van der Waals surface area contributed by atoms with Crippen molar-refractivity contribution in [3.05, 3.63) is 70.1 Å². The fourth-order valence-electron chi connectivity index (χ4n) is 2.82. The maximum absolute atomic E-state index is 6.16. The second-order valence-corrected chi connectivity index (χ2v) is 7.32. The normalized spacial score (nSPS) is 12.3. The van der Waals surface area contributed by atoms with Crippen LogP contribution in [0.25, 0.3) is 0 Å². The molecular weight excluding hydrogens is 538 g/mol. The number of guanidine groups is 1. The largest absolute Gasteiger partial charge is 0.467 e. The molecule has 0 aliphatic rings. The van der Waals surface area contributed by atoms with E-state index < -0.39 is 0 Å². The Kier molecular flexibility index (Phi) is 9.93. The molecule has 1 aromatic carbocycles. The summed E-state index contributed by atoms with van der Waals surface area (Å²) < 4.78 is 7.41. The van der Waals surface area contributed by atoms with Crippen LogP contribution in [0, 0.1) is 0 Å². The van der Waals surface area contributed by atoms with Crippen LogP contribution in [0.3, 0.4) is 0 Å². The van der Waals surface area contributed by atoms with E-state index >= 15 is 0 Å². The highest BCUT2D eigenvalue weighted by atomic mass is 127. The lowest BCUT2D eigenvalue weighted by atomic mass is 10.1. The zero-order valence-corrected chi connectivity index (χ0v) is 20.7. The minimum atomic E-state index is -0.0197. The van der Waals surface area contributed by atoms with Crippen molar-refractivity contribution in [1.82, 2.24) is 25.4 Å². The van der Waals surface area contributed by atoms with Crippen molar-refractivity contribution in [2.24, 2.45) is 4.99 Å². The van der Waals surface area contributed by atoms with Gasteiger partial charge in [0.25, 0.3) is 0 Å². The minimum absolute atomic E-state index is 0. The highest BCUT2D eigenvalue weighted by molar-refractivity contribution is 14.0. The summed E-state index contributed by atoms with van der Waals surface area (Å²) in [6, 6.07) is 9.32. The fraction of sp³-hybridized carbons (Fsp3) is 0.350. The summed E-state index contributed by atoms with van der Waals surface area (Å²) >= 11 is 12.2. The summed E-state index contributed by atoms with van der Waals surface area (Å²) in [5, 5.41) is 15.9. The van der Waals surface area contributed by atoms with Gasteiger partial charge in [-0.25, -0.2) is 4.99 Å². The van der Waals surface area contributed by atoms with Crippen molar-refractivity contribution >= 4 is 53.1 Å². The van der Waals surface area contributed by atoms with Gasteiger partial charge in [-0.3, -0.25) is 0 Å². The summed E-state index contributed by atoms with van der Waals surface area (Å²) in [6.07, 6.45) is 4.22. The Hall–Kier alpha value is -1.78. The molecule has 10 heteroatoms. The zero-order valence-electron chi connectivity index (χ0n) is 16.8. The smallest absolute Gasteiger partial charge is 0.192 e. The number of hydrogen-bond acceptors (Lipinski definition) is 4. The molecule has 0 aliphatic carbocycles. The van der Waals surface area contributed by atoms with Gasteiger partial charge in [0, 0.05) is 19.5 Å². The second-order valence-electron chi connectivity index (χ2n) is 6.50. The van der Waals surface area contributed by atoms with Crippen LogP contribution < -0.4 is 10.6 Å². The molecular formula is C20H25Cl2IN6O. The third kappa shape index (κ3) is 6.88. The summed E-state index contributed by atoms with van der Waals surface area (Å²) in [7, 11) is 0. The Labute approximate surface area is 203 Å². The van der Waals surface area contributed by atoms with Gasteiger partial charge in [0.15, 0.2) is 5.96 Å². The number of aryl methyl sites for hydroxylation is 1. The highest BCUT2D eigenvalue weighted by Crippen LogP contribution is 2.25. The minimum Gasteiger partial charge on any atom is -0.467 e. The van der Waals surface area contributed by atoms with Crippen LogP contribution in [0.4, 0.5) is 0 Å². The van der Waals surface area contributed by atoms with Crippen molar-refractivity contribution in [2.75, 3.05) is 6.54 Å². The van der Waals surface area contributed by atoms with Crippen LogP contribution in [0.1, 0.15) is 37.0 Å². The van der Waals surface area contributed by atoms with Crippen LogP contribution in [-0.4, -0.2) is 27.3 Å². The molecule has 0 saturated carbocycles. The summed E-state index contributed by atoms with van der Waals surface area (Å²) in [4.78, 5) is 4.63. The number of aromatic nitrogens is 3. The SMILES string of the molecule is CCc1nncn1CCNC(=NCc1ccco1)NC(C)c1ccc(Cl)c(Cl)c1.I. The number of halogens is 3. The third-order valence-corrected chi connectivity index (χ3v) is 5.17. The van der Waals surface area contributed by atoms with Crippen LogP contribution in [-0.2, 0) is 19.5 Å². The number of nitrogens with one attached hydrogen (secondary N) is 2. The van der Waals surface area contributed by atoms with Crippen molar-refractivity contribution in [3.63, 3.8) is 0 Å². The van der Waals surface area contributed by atoms with E-state index in [4.69, 9.17) is 27.6 Å². The quantitative estimate of drug-likeness (QED) is 0.233. The van der Waals surface area contributed by atoms with Gasteiger partial charge in [-0.05, 0) is 36.8 Å². The molecule has 0 saturated heterocycles. The molecule has 0 fully saturated rings. The highest BCUT2D eigenvalue weighted by Gasteiger charge is 2.11. The van der Waals surface area contributed by atoms with E-state index in [0.29, 0.717) is 29.1 Å². The molecule has 0 radical (unpaired) electrons. The summed E-state index contributed by atoms with van der Waals surface area (Å²) in [6.45, 7) is 5.94. The van der Waals surface area contributed by atoms with E-state index in [9.17, 15) is 0 Å². The molecule has 7 nitrogen and oxygen atoms in total. The maximum atomic E-state index is 6.16. The Morgan fingerprint density at radius 3 is 2.80 bits per heavy atom. The van der Waals surface area contributed by atoms with E-state index in [1.54, 1.807) is 18.7 Å². The lowest BCUT2D eigenvalue weighted by Crippen LogP contribution is -2.40. The Balaban J connectivity index is 0.00000320. The van der Waals surface area contributed by atoms with E-state index in [1.807, 2.05) is 35.8 Å². The Bertz CT molecular complexity index is 945. The second kappa shape index (κ2) is 12.2. The molecule has 0 aliphatic heterocycles. The predicted molar refractivity (Wildman–Crippen MR) is 131 cm³/mol. The van der Waals surface area contributed by atoms with Gasteiger partial charge in [0.2, 0.25) is 0 Å². The first-order valence-corrected chi connectivity index (χ1v) is 10.2. The van der Waals surface area contributed by atoms with Gasteiger partial charge in [-0.2, -0.15) is 0 Å². The third-order valence-electron chi connectivity index (χ3n) is 4.43. The molecule has 0 bridgehead atoms. The van der Waals surface area contributed by atoms with E-state index in [-0.39, 0.29) is 30.0 Å². The number of aliphatic imine (C=N–C) groups is 1. The number of furan rings is 1. The fourth-order valence-corrected chi connectivity index (χ4v) is 3.12. The standard InChI is InChI=1S/C20H24Cl2N6O.HI/c1-3-19-27-25-13-28(19)9-8-23-20(24-12-16-5-4-10-29-16)26-14(2)15-6-7-17(21)18(22)11-15;/h4-7,10-11,13-14H,3,8-9,12H2,1-2H3,(H2,23,24,26);1H. The van der Waals surface area contributed by atoms with Gasteiger partial charge in [-0.1, -0.05) is 36.2 Å². The lowest BCUT2D eigenvalue weighted by Gasteiger charge is -2.19. The number of hydrogen-bond donors (Lipinski definition) is 2. The van der Waals surface area contributed by atoms with Crippen molar-refractivity contribution in [1.29, 1.82) is 0 Å². The molecule has 2 N–H and O–H groups in total. The average molecular weight is 563 g/mol. The molecule has 30 heavy (non-hydrogen) atoms. The van der Waals surface area contributed by atoms with Crippen molar-refractivity contribution < 1.29 is 4.42 Å². The Morgan fingerprint density at radius 1 is 1.27 bits per heavy atom. The Morgan fingerprint density at radius 2 is 2.10 bits per heavy atom. The molecule has 2 aromatic heterocycles. The van der Waals surface area contributed by atoms with E-state index in [1.165, 1.54) is 0 Å². The first-order chi connectivity index (χ1) is 14.1. The first-order valence-electron chi connectivity index (χ1n) is 9.45. The van der Waals surface area contributed by atoms with Crippen LogP contribution in [0.2, 0.25) is 10.0 Å². The van der Waals surface area contributed by atoms with Gasteiger partial charge in [0.1, 0.15) is 24.5 Å². The first kappa shape index (κ1) is 24.5.